The van der Waals surface area contributed by atoms with Gasteiger partial charge in [-0.1, -0.05) is 6.42 Å². The molecule has 0 bridgehead atoms. The standard InChI is InChI=1S/C24H42O8/c1-14(27)10-17(8-9-20-16(3)32-22(13-26)24(20)30)11-18(28)6-4-5-7-19-15(2)31-21(12-25)23(19)29/h15-17,19-26,29-30H,4-13H2,1-3H3/t15-,16-,17?,19+,20+,21+,22+,23?,24?/m0/s1. The zero-order valence-corrected chi connectivity index (χ0v) is 19.7. The lowest BCUT2D eigenvalue weighted by Gasteiger charge is -2.21. The Morgan fingerprint density at radius 3 is 1.84 bits per heavy atom. The van der Waals surface area contributed by atoms with Crippen LogP contribution in [0.5, 0.6) is 0 Å². The fourth-order valence-corrected chi connectivity index (χ4v) is 5.37. The van der Waals surface area contributed by atoms with Gasteiger partial charge in [-0.2, -0.15) is 0 Å². The first kappa shape index (κ1) is 27.3. The third-order valence-electron chi connectivity index (χ3n) is 7.23. The molecule has 2 fully saturated rings. The Kier molecular flexibility index (Phi) is 11.2. The van der Waals surface area contributed by atoms with E-state index in [1.807, 2.05) is 13.8 Å². The van der Waals surface area contributed by atoms with Crippen molar-refractivity contribution >= 4 is 11.6 Å². The van der Waals surface area contributed by atoms with E-state index in [0.717, 1.165) is 19.3 Å². The van der Waals surface area contributed by atoms with E-state index >= 15 is 0 Å². The molecule has 32 heavy (non-hydrogen) atoms. The van der Waals surface area contributed by atoms with Gasteiger partial charge < -0.3 is 34.7 Å². The number of hydrogen-bond acceptors (Lipinski definition) is 8. The Balaban J connectivity index is 1.74. The minimum Gasteiger partial charge on any atom is -0.394 e. The summed E-state index contributed by atoms with van der Waals surface area (Å²) in [7, 11) is 0. The summed E-state index contributed by atoms with van der Waals surface area (Å²) in [6.07, 6.45) is 1.92. The predicted octanol–water partition coefficient (Wildman–Crippen LogP) is 1.39. The number of unbranched alkanes of at least 4 members (excludes halogenated alkanes) is 1. The van der Waals surface area contributed by atoms with Gasteiger partial charge in [-0.05, 0) is 52.4 Å². The van der Waals surface area contributed by atoms with Gasteiger partial charge in [-0.15, -0.1) is 0 Å². The molecule has 0 spiro atoms. The van der Waals surface area contributed by atoms with E-state index in [-0.39, 0.29) is 54.7 Å². The fourth-order valence-electron chi connectivity index (χ4n) is 5.37. The quantitative estimate of drug-likeness (QED) is 0.287. The zero-order valence-electron chi connectivity index (χ0n) is 19.7. The molecule has 2 heterocycles. The predicted molar refractivity (Wildman–Crippen MR) is 118 cm³/mol. The molecule has 0 saturated carbocycles. The number of carbonyl (C=O) groups is 2. The maximum absolute atomic E-state index is 12.6. The lowest BCUT2D eigenvalue weighted by atomic mass is 9.84. The summed E-state index contributed by atoms with van der Waals surface area (Å²) in [5, 5.41) is 39.1. The second-order valence-corrected chi connectivity index (χ2v) is 9.77. The van der Waals surface area contributed by atoms with E-state index in [0.29, 0.717) is 32.1 Å². The van der Waals surface area contributed by atoms with Gasteiger partial charge in [0, 0.05) is 31.1 Å². The van der Waals surface area contributed by atoms with E-state index in [1.165, 1.54) is 6.92 Å². The van der Waals surface area contributed by atoms with E-state index < -0.39 is 24.4 Å². The highest BCUT2D eigenvalue weighted by molar-refractivity contribution is 5.80. The molecule has 2 saturated heterocycles. The smallest absolute Gasteiger partial charge is 0.133 e. The van der Waals surface area contributed by atoms with Gasteiger partial charge in [-0.3, -0.25) is 4.79 Å². The lowest BCUT2D eigenvalue weighted by molar-refractivity contribution is -0.121. The van der Waals surface area contributed by atoms with E-state index in [2.05, 4.69) is 0 Å². The highest BCUT2D eigenvalue weighted by atomic mass is 16.5. The number of ether oxygens (including phenoxy) is 2. The molecule has 0 radical (unpaired) electrons. The largest absolute Gasteiger partial charge is 0.394 e. The van der Waals surface area contributed by atoms with Crippen LogP contribution in [0.15, 0.2) is 0 Å². The van der Waals surface area contributed by atoms with Crippen molar-refractivity contribution in [3.05, 3.63) is 0 Å². The fraction of sp³-hybridized carbons (Fsp3) is 0.917. The highest BCUT2D eigenvalue weighted by Crippen LogP contribution is 2.33. The van der Waals surface area contributed by atoms with Crippen molar-refractivity contribution in [2.24, 2.45) is 17.8 Å². The van der Waals surface area contributed by atoms with E-state index in [1.54, 1.807) is 0 Å². The van der Waals surface area contributed by atoms with Gasteiger partial charge in [0.05, 0.1) is 37.6 Å². The Labute approximate surface area is 191 Å². The van der Waals surface area contributed by atoms with Crippen molar-refractivity contribution in [1.29, 1.82) is 0 Å². The van der Waals surface area contributed by atoms with Gasteiger partial charge in [0.15, 0.2) is 0 Å². The number of aliphatic hydroxyl groups is 4. The molecule has 2 rings (SSSR count). The molecule has 0 amide bonds. The van der Waals surface area contributed by atoms with Gasteiger partial charge in [0.2, 0.25) is 0 Å². The molecule has 0 aromatic carbocycles. The minimum absolute atomic E-state index is 0.0301. The van der Waals surface area contributed by atoms with Crippen molar-refractivity contribution < 1.29 is 39.5 Å². The maximum atomic E-state index is 12.6. The Bertz CT molecular complexity index is 597. The normalized spacial score (nSPS) is 35.8. The second-order valence-electron chi connectivity index (χ2n) is 9.77. The number of rotatable bonds is 14. The van der Waals surface area contributed by atoms with Crippen LogP contribution in [0.1, 0.15) is 72.1 Å². The van der Waals surface area contributed by atoms with Crippen molar-refractivity contribution in [3.8, 4) is 0 Å². The van der Waals surface area contributed by atoms with E-state index in [4.69, 9.17) is 9.47 Å². The number of carbonyl (C=O) groups excluding carboxylic acids is 2. The van der Waals surface area contributed by atoms with Crippen molar-refractivity contribution in [3.63, 3.8) is 0 Å². The molecule has 8 heteroatoms. The molecule has 186 valence electrons. The monoisotopic (exact) mass is 458 g/mol. The molecule has 0 aromatic heterocycles. The van der Waals surface area contributed by atoms with Crippen LogP contribution < -0.4 is 0 Å². The van der Waals surface area contributed by atoms with Gasteiger partial charge in [0.25, 0.3) is 0 Å². The van der Waals surface area contributed by atoms with Crippen LogP contribution in [0.2, 0.25) is 0 Å². The Morgan fingerprint density at radius 1 is 0.844 bits per heavy atom. The highest BCUT2D eigenvalue weighted by Gasteiger charge is 2.41. The van der Waals surface area contributed by atoms with Crippen LogP contribution in [0.25, 0.3) is 0 Å². The molecule has 0 aliphatic carbocycles. The Hall–Kier alpha value is -0.900. The first-order valence-electron chi connectivity index (χ1n) is 12.1. The topological polar surface area (TPSA) is 134 Å². The minimum atomic E-state index is -0.730. The molecule has 0 aromatic rings. The van der Waals surface area contributed by atoms with E-state index in [9.17, 15) is 30.0 Å². The van der Waals surface area contributed by atoms with Gasteiger partial charge in [0.1, 0.15) is 23.8 Å². The number of Topliss-reactive ketones (excluding diaryl/α,β-unsaturated/α-hetero) is 2. The average Bonchev–Trinajstić information content (AvgIpc) is 3.17. The number of ketones is 2. The molecular weight excluding hydrogens is 416 g/mol. The Morgan fingerprint density at radius 2 is 1.38 bits per heavy atom. The molecule has 2 aliphatic rings. The van der Waals surface area contributed by atoms with Crippen LogP contribution in [0.3, 0.4) is 0 Å². The summed E-state index contributed by atoms with van der Waals surface area (Å²) in [5.41, 5.74) is 0. The summed E-state index contributed by atoms with van der Waals surface area (Å²) in [5.74, 6) is -0.0119. The summed E-state index contributed by atoms with van der Waals surface area (Å²) in [4.78, 5) is 24.3. The van der Waals surface area contributed by atoms with Crippen LogP contribution >= 0.6 is 0 Å². The maximum Gasteiger partial charge on any atom is 0.133 e. The first-order valence-corrected chi connectivity index (χ1v) is 12.1. The third kappa shape index (κ3) is 7.57. The second kappa shape index (κ2) is 13.1. The number of hydrogen-bond donors (Lipinski definition) is 4. The number of aliphatic hydroxyl groups excluding tert-OH is 4. The lowest BCUT2D eigenvalue weighted by Crippen LogP contribution is -2.30. The molecular formula is C24H42O8. The van der Waals surface area contributed by atoms with Crippen LogP contribution in [0.4, 0.5) is 0 Å². The summed E-state index contributed by atoms with van der Waals surface area (Å²) < 4.78 is 11.2. The zero-order chi connectivity index (χ0) is 23.8. The molecule has 3 unspecified atom stereocenters. The summed E-state index contributed by atoms with van der Waals surface area (Å²) >= 11 is 0. The molecule has 9 atom stereocenters. The van der Waals surface area contributed by atoms with Gasteiger partial charge >= 0.3 is 0 Å². The van der Waals surface area contributed by atoms with Crippen LogP contribution in [-0.2, 0) is 19.1 Å². The summed E-state index contributed by atoms with van der Waals surface area (Å²) in [6.45, 7) is 4.90. The molecule has 2 aliphatic heterocycles. The van der Waals surface area contributed by atoms with Gasteiger partial charge in [-0.25, -0.2) is 0 Å². The molecule has 4 N–H and O–H groups in total. The molecule has 8 nitrogen and oxygen atoms in total. The van der Waals surface area contributed by atoms with Crippen molar-refractivity contribution in [2.45, 2.75) is 109 Å². The average molecular weight is 459 g/mol. The summed E-state index contributed by atoms with van der Waals surface area (Å²) in [6, 6.07) is 0. The third-order valence-corrected chi connectivity index (χ3v) is 7.23. The van der Waals surface area contributed by atoms with Crippen molar-refractivity contribution in [1.82, 2.24) is 0 Å². The first-order chi connectivity index (χ1) is 15.2. The SMILES string of the molecule is CC(=O)CC(CC[C@H]1C(O)[C@@H](CO)O[C@H]1C)CC(=O)CCCC[C@H]1C(O)[C@@H](CO)O[C@H]1C. The van der Waals surface area contributed by atoms with Crippen LogP contribution in [0, 0.1) is 17.8 Å². The van der Waals surface area contributed by atoms with Crippen molar-refractivity contribution in [2.75, 3.05) is 13.2 Å². The van der Waals surface area contributed by atoms with Crippen LogP contribution in [-0.4, -0.2) is 81.8 Å².